The minimum Gasteiger partial charge on any atom is -0.443 e. The van der Waals surface area contributed by atoms with E-state index in [1.807, 2.05) is 32.9 Å². The van der Waals surface area contributed by atoms with Gasteiger partial charge in [0.05, 0.1) is 6.04 Å². The summed E-state index contributed by atoms with van der Waals surface area (Å²) in [7, 11) is 0. The molecule has 0 unspecified atom stereocenters. The number of halogens is 1. The van der Waals surface area contributed by atoms with Crippen LogP contribution in [0.5, 0.6) is 0 Å². The first-order chi connectivity index (χ1) is 10.3. The van der Waals surface area contributed by atoms with E-state index in [2.05, 4.69) is 28.1 Å². The predicted molar refractivity (Wildman–Crippen MR) is 86.5 cm³/mol. The Morgan fingerprint density at radius 1 is 1.23 bits per heavy atom. The van der Waals surface area contributed by atoms with E-state index in [9.17, 15) is 9.59 Å². The molecule has 1 heterocycles. The Hall–Kier alpha value is -1.36. The van der Waals surface area contributed by atoms with E-state index in [0.29, 0.717) is 0 Å². The maximum atomic E-state index is 12.4. The molecule has 2 bridgehead atoms. The van der Waals surface area contributed by atoms with E-state index < -0.39 is 11.7 Å². The van der Waals surface area contributed by atoms with Crippen molar-refractivity contribution in [3.05, 3.63) is 34.3 Å². The van der Waals surface area contributed by atoms with Crippen LogP contribution in [0.15, 0.2) is 28.7 Å². The topological polar surface area (TPSA) is 46.6 Å². The predicted octanol–water partition coefficient (Wildman–Crippen LogP) is 4.09. The van der Waals surface area contributed by atoms with Crippen molar-refractivity contribution in [3.8, 4) is 0 Å². The van der Waals surface area contributed by atoms with Crippen molar-refractivity contribution in [3.63, 3.8) is 0 Å². The molecule has 22 heavy (non-hydrogen) atoms. The second-order valence-electron chi connectivity index (χ2n) is 7.08. The van der Waals surface area contributed by atoms with E-state index in [0.717, 1.165) is 17.3 Å². The number of rotatable bonds is 1. The summed E-state index contributed by atoms with van der Waals surface area (Å²) in [5, 5.41) is 0. The summed E-state index contributed by atoms with van der Waals surface area (Å²) in [5.74, 6) is 0.0853. The molecule has 0 radical (unpaired) electrons. The van der Waals surface area contributed by atoms with Crippen molar-refractivity contribution < 1.29 is 14.3 Å². The fourth-order valence-corrected chi connectivity index (χ4v) is 3.73. The molecule has 1 aliphatic carbocycles. The summed E-state index contributed by atoms with van der Waals surface area (Å²) >= 11 is 3.43. The first kappa shape index (κ1) is 15.5. The van der Waals surface area contributed by atoms with Crippen LogP contribution in [0.1, 0.15) is 45.1 Å². The van der Waals surface area contributed by atoms with Crippen molar-refractivity contribution in [2.45, 2.75) is 51.2 Å². The van der Waals surface area contributed by atoms with Gasteiger partial charge in [-0.15, -0.1) is 0 Å². The average Bonchev–Trinajstić information content (AvgIpc) is 2.95. The molecule has 3 rings (SSSR count). The van der Waals surface area contributed by atoms with Gasteiger partial charge in [0.25, 0.3) is 0 Å². The van der Waals surface area contributed by atoms with E-state index in [-0.39, 0.29) is 23.8 Å². The maximum Gasteiger partial charge on any atom is 0.417 e. The summed E-state index contributed by atoms with van der Waals surface area (Å²) in [6, 6.07) is 8.05. The number of carbonyl (C=O) groups is 2. The molecular weight excluding hydrogens is 346 g/mol. The van der Waals surface area contributed by atoms with Crippen molar-refractivity contribution in [1.82, 2.24) is 4.90 Å². The van der Waals surface area contributed by atoms with Gasteiger partial charge < -0.3 is 4.74 Å². The fourth-order valence-electron chi connectivity index (χ4n) is 3.47. The highest BCUT2D eigenvalue weighted by Gasteiger charge is 2.54. The summed E-state index contributed by atoms with van der Waals surface area (Å²) < 4.78 is 6.43. The SMILES string of the molecule is CC(C)(C)OC(=O)N1C(=O)[C@H]2C[C@@H]1[C@H](c1ccc(Br)cc1)C2. The van der Waals surface area contributed by atoms with E-state index >= 15 is 0 Å². The van der Waals surface area contributed by atoms with Crippen molar-refractivity contribution >= 4 is 27.9 Å². The lowest BCUT2D eigenvalue weighted by Gasteiger charge is -2.33. The number of ether oxygens (including phenoxy) is 1. The highest BCUT2D eigenvalue weighted by molar-refractivity contribution is 9.10. The smallest absolute Gasteiger partial charge is 0.417 e. The molecule has 1 aliphatic heterocycles. The molecule has 118 valence electrons. The van der Waals surface area contributed by atoms with Gasteiger partial charge in [-0.3, -0.25) is 4.79 Å². The van der Waals surface area contributed by atoms with Gasteiger partial charge in [-0.05, 0) is 51.3 Å². The lowest BCUT2D eigenvalue weighted by Crippen LogP contribution is -2.47. The number of carbonyl (C=O) groups excluding carboxylic acids is 2. The number of likely N-dealkylation sites (tertiary alicyclic amines) is 1. The molecular formula is C17H20BrNO3. The first-order valence-electron chi connectivity index (χ1n) is 7.58. The lowest BCUT2D eigenvalue weighted by molar-refractivity contribution is -0.133. The number of fused-ring (bicyclic) bond motifs is 2. The van der Waals surface area contributed by atoms with Gasteiger partial charge in [0.15, 0.2) is 0 Å². The van der Waals surface area contributed by atoms with E-state index in [4.69, 9.17) is 4.74 Å². The van der Waals surface area contributed by atoms with Crippen LogP contribution in [0.2, 0.25) is 0 Å². The molecule has 0 spiro atoms. The van der Waals surface area contributed by atoms with Crippen LogP contribution >= 0.6 is 15.9 Å². The van der Waals surface area contributed by atoms with Gasteiger partial charge in [-0.25, -0.2) is 9.69 Å². The van der Waals surface area contributed by atoms with Crippen molar-refractivity contribution in [1.29, 1.82) is 0 Å². The van der Waals surface area contributed by atoms with Gasteiger partial charge in [-0.2, -0.15) is 0 Å². The molecule has 2 fully saturated rings. The van der Waals surface area contributed by atoms with Crippen LogP contribution in [-0.2, 0) is 9.53 Å². The van der Waals surface area contributed by atoms with Crippen molar-refractivity contribution in [2.75, 3.05) is 0 Å². The average molecular weight is 366 g/mol. The number of hydrogen-bond donors (Lipinski definition) is 0. The molecule has 2 amide bonds. The van der Waals surface area contributed by atoms with Crippen LogP contribution in [0.25, 0.3) is 0 Å². The Morgan fingerprint density at radius 2 is 1.86 bits per heavy atom. The largest absolute Gasteiger partial charge is 0.443 e. The number of nitrogens with zero attached hydrogens (tertiary/aromatic N) is 1. The van der Waals surface area contributed by atoms with Crippen molar-refractivity contribution in [2.24, 2.45) is 5.92 Å². The zero-order chi connectivity index (χ0) is 16.1. The minimum atomic E-state index is -0.591. The Balaban J connectivity index is 1.82. The monoisotopic (exact) mass is 365 g/mol. The normalized spacial score (nSPS) is 27.4. The third-order valence-corrected chi connectivity index (χ3v) is 4.86. The molecule has 1 saturated heterocycles. The molecule has 3 atom stereocenters. The third kappa shape index (κ3) is 2.78. The van der Waals surface area contributed by atoms with Gasteiger partial charge >= 0.3 is 6.09 Å². The lowest BCUT2D eigenvalue weighted by atomic mass is 9.90. The molecule has 2 aliphatic rings. The van der Waals surface area contributed by atoms with Crippen LogP contribution in [-0.4, -0.2) is 28.5 Å². The second-order valence-corrected chi connectivity index (χ2v) is 8.00. The fraction of sp³-hybridized carbons (Fsp3) is 0.529. The van der Waals surface area contributed by atoms with Gasteiger partial charge in [0.1, 0.15) is 5.60 Å². The van der Waals surface area contributed by atoms with Crippen LogP contribution in [0, 0.1) is 5.92 Å². The number of hydrogen-bond acceptors (Lipinski definition) is 3. The molecule has 1 aromatic rings. The van der Waals surface area contributed by atoms with Crippen LogP contribution in [0.4, 0.5) is 4.79 Å². The highest BCUT2D eigenvalue weighted by Crippen LogP contribution is 2.48. The van der Waals surface area contributed by atoms with E-state index in [1.165, 1.54) is 10.5 Å². The van der Waals surface area contributed by atoms with Gasteiger partial charge in [0.2, 0.25) is 5.91 Å². The Morgan fingerprint density at radius 3 is 2.41 bits per heavy atom. The molecule has 0 aromatic heterocycles. The minimum absolute atomic E-state index is 0.0498. The van der Waals surface area contributed by atoms with Gasteiger partial charge in [0, 0.05) is 16.3 Å². The van der Waals surface area contributed by atoms with Crippen LogP contribution < -0.4 is 0 Å². The standard InChI is InChI=1S/C17H20BrNO3/c1-17(2,3)22-16(21)19-14-9-11(15(19)20)8-13(14)10-4-6-12(18)7-5-10/h4-7,11,13-14H,8-9H2,1-3H3/t11-,13+,14-/m1/s1. The zero-order valence-electron chi connectivity index (χ0n) is 13.0. The second kappa shape index (κ2) is 5.37. The number of piperidine rings is 1. The maximum absolute atomic E-state index is 12.4. The Labute approximate surface area is 138 Å². The summed E-state index contributed by atoms with van der Waals surface area (Å²) in [4.78, 5) is 26.1. The van der Waals surface area contributed by atoms with Gasteiger partial charge in [-0.1, -0.05) is 28.1 Å². The summed E-state index contributed by atoms with van der Waals surface area (Å²) in [6.07, 6.45) is 1.07. The Bertz CT molecular complexity index is 605. The molecule has 1 aromatic carbocycles. The summed E-state index contributed by atoms with van der Waals surface area (Å²) in [6.45, 7) is 5.45. The number of imide groups is 1. The molecule has 1 saturated carbocycles. The molecule has 5 heteroatoms. The Kier molecular flexibility index (Phi) is 3.79. The number of benzene rings is 1. The third-order valence-electron chi connectivity index (χ3n) is 4.34. The molecule has 4 nitrogen and oxygen atoms in total. The highest BCUT2D eigenvalue weighted by atomic mass is 79.9. The molecule has 0 N–H and O–H groups in total. The first-order valence-corrected chi connectivity index (χ1v) is 8.37. The van der Waals surface area contributed by atoms with E-state index in [1.54, 1.807) is 0 Å². The number of amides is 2. The summed E-state index contributed by atoms with van der Waals surface area (Å²) in [5.41, 5.74) is 0.587. The van der Waals surface area contributed by atoms with Crippen LogP contribution in [0.3, 0.4) is 0 Å². The quantitative estimate of drug-likeness (QED) is 0.752. The zero-order valence-corrected chi connectivity index (χ0v) is 14.6.